The zero-order chi connectivity index (χ0) is 17.8. The molecule has 2 rings (SSSR count). The van der Waals surface area contributed by atoms with E-state index in [4.69, 9.17) is 11.6 Å². The fourth-order valence-corrected chi connectivity index (χ4v) is 2.47. The van der Waals surface area contributed by atoms with Crippen LogP contribution in [0.2, 0.25) is 5.02 Å². The molecule has 0 amide bonds. The van der Waals surface area contributed by atoms with Crippen molar-refractivity contribution in [3.63, 3.8) is 0 Å². The van der Waals surface area contributed by atoms with Crippen molar-refractivity contribution in [1.29, 1.82) is 0 Å². The number of allylic oxidation sites excluding steroid dienone is 4. The van der Waals surface area contributed by atoms with E-state index in [1.54, 1.807) is 6.08 Å². The van der Waals surface area contributed by atoms with Crippen LogP contribution in [-0.4, -0.2) is 18.0 Å². The first-order chi connectivity index (χ1) is 11.6. The number of nitrogens with zero attached hydrogens (tertiary/aromatic N) is 1. The minimum atomic E-state index is 0.792. The van der Waals surface area contributed by atoms with Crippen molar-refractivity contribution < 1.29 is 0 Å². The van der Waals surface area contributed by atoms with Crippen molar-refractivity contribution in [3.05, 3.63) is 83.2 Å². The van der Waals surface area contributed by atoms with E-state index < -0.39 is 0 Å². The predicted molar refractivity (Wildman–Crippen MR) is 107 cm³/mol. The molecule has 0 unspecified atom stereocenters. The summed E-state index contributed by atoms with van der Waals surface area (Å²) in [4.78, 5) is 2.32. The monoisotopic (exact) mass is 344 g/mol. The first-order valence-electron chi connectivity index (χ1n) is 8.39. The average molecular weight is 345 g/mol. The van der Waals surface area contributed by atoms with Gasteiger partial charge in [0.05, 0.1) is 0 Å². The Kier molecular flexibility index (Phi) is 9.90. The molecule has 1 heterocycles. The molecule has 0 spiro atoms. The number of nitrogens with one attached hydrogen (secondary N) is 1. The van der Waals surface area contributed by atoms with Gasteiger partial charge in [0.25, 0.3) is 0 Å². The van der Waals surface area contributed by atoms with Crippen LogP contribution in [0, 0.1) is 0 Å². The van der Waals surface area contributed by atoms with Gasteiger partial charge in [-0.1, -0.05) is 47.5 Å². The molecule has 0 saturated carbocycles. The van der Waals surface area contributed by atoms with Gasteiger partial charge in [-0.2, -0.15) is 0 Å². The van der Waals surface area contributed by atoms with E-state index in [9.17, 15) is 0 Å². The molecule has 1 aliphatic heterocycles. The van der Waals surface area contributed by atoms with Gasteiger partial charge in [0.15, 0.2) is 0 Å². The van der Waals surface area contributed by atoms with E-state index in [-0.39, 0.29) is 0 Å². The molecule has 0 saturated heterocycles. The third-order valence-corrected chi connectivity index (χ3v) is 3.86. The Hall–Kier alpha value is -1.77. The van der Waals surface area contributed by atoms with Gasteiger partial charge in [-0.05, 0) is 51.0 Å². The third-order valence-electron chi connectivity index (χ3n) is 3.62. The topological polar surface area (TPSA) is 15.3 Å². The largest absolute Gasteiger partial charge is 0.347 e. The molecule has 0 aromatic heterocycles. The Morgan fingerprint density at radius 1 is 1.38 bits per heavy atom. The van der Waals surface area contributed by atoms with Gasteiger partial charge < -0.3 is 10.2 Å². The summed E-state index contributed by atoms with van der Waals surface area (Å²) < 4.78 is 0. The summed E-state index contributed by atoms with van der Waals surface area (Å²) in [6.45, 7) is 12.3. The summed E-state index contributed by atoms with van der Waals surface area (Å²) in [6, 6.07) is 8.08. The van der Waals surface area contributed by atoms with E-state index in [0.29, 0.717) is 0 Å². The molecule has 130 valence electrons. The molecule has 1 aliphatic rings. The van der Waals surface area contributed by atoms with Crippen molar-refractivity contribution in [2.75, 3.05) is 13.1 Å². The molecule has 0 fully saturated rings. The van der Waals surface area contributed by atoms with Gasteiger partial charge in [0, 0.05) is 36.6 Å². The van der Waals surface area contributed by atoms with Gasteiger partial charge >= 0.3 is 0 Å². The summed E-state index contributed by atoms with van der Waals surface area (Å²) >= 11 is 6.09. The van der Waals surface area contributed by atoms with Crippen LogP contribution in [0.25, 0.3) is 0 Å². The first-order valence-corrected chi connectivity index (χ1v) is 8.77. The van der Waals surface area contributed by atoms with Gasteiger partial charge in [0.1, 0.15) is 0 Å². The van der Waals surface area contributed by atoms with E-state index in [1.807, 2.05) is 25.1 Å². The number of halogens is 1. The van der Waals surface area contributed by atoms with E-state index in [1.165, 1.54) is 16.8 Å². The summed E-state index contributed by atoms with van der Waals surface area (Å²) in [6.07, 6.45) is 11.5. The average Bonchev–Trinajstić information content (AvgIpc) is 2.60. The molecule has 0 atom stereocenters. The molecule has 24 heavy (non-hydrogen) atoms. The van der Waals surface area contributed by atoms with Gasteiger partial charge in [-0.3, -0.25) is 0 Å². The SMILES string of the molecule is C/C=C(C)/C=C/N(Cc1cccc(Cl)c1)C1=CCNCC1.C=CC. The second kappa shape index (κ2) is 11.7. The number of benzene rings is 1. The van der Waals surface area contributed by atoms with Crippen molar-refractivity contribution >= 4 is 11.6 Å². The van der Waals surface area contributed by atoms with Crippen LogP contribution in [0.5, 0.6) is 0 Å². The quantitative estimate of drug-likeness (QED) is 0.545. The first kappa shape index (κ1) is 20.3. The van der Waals surface area contributed by atoms with Gasteiger partial charge in [-0.25, -0.2) is 0 Å². The Morgan fingerprint density at radius 3 is 2.71 bits per heavy atom. The summed E-state index contributed by atoms with van der Waals surface area (Å²) in [5.41, 5.74) is 3.86. The predicted octanol–water partition coefficient (Wildman–Crippen LogP) is 5.69. The minimum absolute atomic E-state index is 0.792. The summed E-state index contributed by atoms with van der Waals surface area (Å²) in [5.74, 6) is 0. The van der Waals surface area contributed by atoms with Crippen LogP contribution in [0.1, 0.15) is 32.8 Å². The lowest BCUT2D eigenvalue weighted by atomic mass is 10.1. The van der Waals surface area contributed by atoms with Gasteiger partial charge in [0.2, 0.25) is 0 Å². The van der Waals surface area contributed by atoms with Crippen molar-refractivity contribution in [2.45, 2.75) is 33.7 Å². The second-order valence-corrected chi connectivity index (χ2v) is 6.10. The molecule has 2 nitrogen and oxygen atoms in total. The fourth-order valence-electron chi connectivity index (χ4n) is 2.26. The highest BCUT2D eigenvalue weighted by Gasteiger charge is 2.10. The normalized spacial score (nSPS) is 14.7. The molecule has 0 aliphatic carbocycles. The lowest BCUT2D eigenvalue weighted by Crippen LogP contribution is -2.27. The fraction of sp³-hybridized carbons (Fsp3) is 0.333. The molecule has 1 aromatic carbocycles. The van der Waals surface area contributed by atoms with Crippen LogP contribution in [0.4, 0.5) is 0 Å². The lowest BCUT2D eigenvalue weighted by Gasteiger charge is -2.27. The van der Waals surface area contributed by atoms with Crippen LogP contribution < -0.4 is 5.32 Å². The van der Waals surface area contributed by atoms with Crippen LogP contribution in [0.15, 0.2) is 72.6 Å². The number of hydrogen-bond acceptors (Lipinski definition) is 2. The van der Waals surface area contributed by atoms with E-state index >= 15 is 0 Å². The van der Waals surface area contributed by atoms with Crippen LogP contribution in [-0.2, 0) is 6.54 Å². The molecule has 0 radical (unpaired) electrons. The Morgan fingerprint density at radius 2 is 2.12 bits per heavy atom. The highest BCUT2D eigenvalue weighted by Crippen LogP contribution is 2.19. The second-order valence-electron chi connectivity index (χ2n) is 5.66. The summed E-state index contributed by atoms with van der Waals surface area (Å²) in [5, 5.41) is 4.15. The number of rotatable bonds is 5. The molecular formula is C21H29ClN2. The minimum Gasteiger partial charge on any atom is -0.347 e. The summed E-state index contributed by atoms with van der Waals surface area (Å²) in [7, 11) is 0. The smallest absolute Gasteiger partial charge is 0.0473 e. The zero-order valence-electron chi connectivity index (χ0n) is 15.1. The standard InChI is InChI=1S/C18H23ClN2.C3H6/c1-3-15(2)9-12-21(18-7-10-20-11-8-18)14-16-5-4-6-17(19)13-16;1-3-2/h3-7,9,12-13,20H,8,10-11,14H2,1-2H3;3H,1H2,2H3/b12-9+,15-3+;. The van der Waals surface area contributed by atoms with E-state index in [0.717, 1.165) is 31.1 Å². The Bertz CT molecular complexity index is 600. The highest BCUT2D eigenvalue weighted by molar-refractivity contribution is 6.30. The van der Waals surface area contributed by atoms with Crippen molar-refractivity contribution in [2.24, 2.45) is 0 Å². The third kappa shape index (κ3) is 7.67. The Balaban J connectivity index is 0.000000891. The van der Waals surface area contributed by atoms with Crippen molar-refractivity contribution in [1.82, 2.24) is 10.2 Å². The molecule has 3 heteroatoms. The maximum Gasteiger partial charge on any atom is 0.0473 e. The van der Waals surface area contributed by atoms with Crippen molar-refractivity contribution in [3.8, 4) is 0 Å². The number of hydrogen-bond donors (Lipinski definition) is 1. The zero-order valence-corrected chi connectivity index (χ0v) is 15.8. The highest BCUT2D eigenvalue weighted by atomic mass is 35.5. The lowest BCUT2D eigenvalue weighted by molar-refractivity contribution is 0.424. The van der Waals surface area contributed by atoms with E-state index in [2.05, 4.69) is 61.1 Å². The van der Waals surface area contributed by atoms with Crippen LogP contribution in [0.3, 0.4) is 0 Å². The molecular weight excluding hydrogens is 316 g/mol. The maximum atomic E-state index is 6.09. The maximum absolute atomic E-state index is 6.09. The molecule has 0 bridgehead atoms. The Labute approximate surface area is 152 Å². The molecule has 1 N–H and O–H groups in total. The van der Waals surface area contributed by atoms with Crippen LogP contribution >= 0.6 is 11.6 Å². The molecule has 1 aromatic rings. The van der Waals surface area contributed by atoms with Gasteiger partial charge in [-0.15, -0.1) is 6.58 Å².